The standard InChI is InChI=1S/C18H25N3O2/c1-13-17-8-4-3-7-16(17)12-21(13)18(23)19-10-15-6-5-9-20(11-15)14(2)22/h3-4,7-8,13,15H,5-6,9-12H2,1-2H3,(H,19,23). The van der Waals surface area contributed by atoms with E-state index in [0.29, 0.717) is 19.0 Å². The maximum atomic E-state index is 12.5. The molecule has 2 atom stereocenters. The average molecular weight is 315 g/mol. The first-order valence-electron chi connectivity index (χ1n) is 8.44. The smallest absolute Gasteiger partial charge is 0.318 e. The van der Waals surface area contributed by atoms with Crippen molar-refractivity contribution in [3.63, 3.8) is 0 Å². The lowest BCUT2D eigenvalue weighted by Gasteiger charge is -2.32. The Hall–Kier alpha value is -2.04. The van der Waals surface area contributed by atoms with Crippen LogP contribution in [0.25, 0.3) is 0 Å². The zero-order valence-corrected chi connectivity index (χ0v) is 13.9. The average Bonchev–Trinajstić information content (AvgIpc) is 2.90. The van der Waals surface area contributed by atoms with Crippen LogP contribution in [0.15, 0.2) is 24.3 Å². The first-order valence-corrected chi connectivity index (χ1v) is 8.44. The molecule has 2 aliphatic rings. The van der Waals surface area contributed by atoms with E-state index in [1.165, 1.54) is 11.1 Å². The van der Waals surface area contributed by atoms with E-state index in [1.54, 1.807) is 6.92 Å². The van der Waals surface area contributed by atoms with Crippen LogP contribution in [0.2, 0.25) is 0 Å². The summed E-state index contributed by atoms with van der Waals surface area (Å²) in [6, 6.07) is 8.34. The summed E-state index contributed by atoms with van der Waals surface area (Å²) >= 11 is 0. The molecule has 0 aromatic heterocycles. The molecule has 5 heteroatoms. The van der Waals surface area contributed by atoms with Crippen LogP contribution in [0.4, 0.5) is 4.79 Å². The number of hydrogen-bond acceptors (Lipinski definition) is 2. The van der Waals surface area contributed by atoms with Gasteiger partial charge in [-0.3, -0.25) is 4.79 Å². The lowest BCUT2D eigenvalue weighted by Crippen LogP contribution is -2.45. The molecule has 1 fully saturated rings. The second kappa shape index (κ2) is 6.60. The van der Waals surface area contributed by atoms with Crippen LogP contribution in [-0.4, -0.2) is 41.4 Å². The Morgan fingerprint density at radius 3 is 2.83 bits per heavy atom. The van der Waals surface area contributed by atoms with Crippen LogP contribution < -0.4 is 5.32 Å². The van der Waals surface area contributed by atoms with Gasteiger partial charge in [0, 0.05) is 33.1 Å². The molecule has 3 amide bonds. The van der Waals surface area contributed by atoms with E-state index in [4.69, 9.17) is 0 Å². The van der Waals surface area contributed by atoms with E-state index in [-0.39, 0.29) is 18.0 Å². The third-order valence-corrected chi connectivity index (χ3v) is 5.08. The van der Waals surface area contributed by atoms with Gasteiger partial charge in [0.1, 0.15) is 0 Å². The SMILES string of the molecule is CC(=O)N1CCCC(CNC(=O)N2Cc3ccccc3C2C)C1. The number of benzene rings is 1. The highest BCUT2D eigenvalue weighted by Gasteiger charge is 2.30. The summed E-state index contributed by atoms with van der Waals surface area (Å²) in [5.41, 5.74) is 2.47. The van der Waals surface area contributed by atoms with E-state index in [0.717, 1.165) is 25.9 Å². The molecule has 0 bridgehead atoms. The van der Waals surface area contributed by atoms with Crippen molar-refractivity contribution in [3.8, 4) is 0 Å². The van der Waals surface area contributed by atoms with Crippen molar-refractivity contribution in [1.29, 1.82) is 0 Å². The van der Waals surface area contributed by atoms with E-state index in [2.05, 4.69) is 24.4 Å². The Morgan fingerprint density at radius 2 is 2.09 bits per heavy atom. The molecule has 2 aliphatic heterocycles. The van der Waals surface area contributed by atoms with Gasteiger partial charge in [0.15, 0.2) is 0 Å². The number of amides is 3. The summed E-state index contributed by atoms with van der Waals surface area (Å²) in [7, 11) is 0. The molecule has 0 radical (unpaired) electrons. The Labute approximate surface area is 137 Å². The van der Waals surface area contributed by atoms with Crippen molar-refractivity contribution in [1.82, 2.24) is 15.1 Å². The fourth-order valence-corrected chi connectivity index (χ4v) is 3.67. The normalized spacial score (nSPS) is 23.6. The number of rotatable bonds is 2. The first kappa shape index (κ1) is 15.8. The molecule has 1 N–H and O–H groups in total. The number of likely N-dealkylation sites (tertiary alicyclic amines) is 1. The summed E-state index contributed by atoms with van der Waals surface area (Å²) in [5.74, 6) is 0.488. The van der Waals surface area contributed by atoms with Gasteiger partial charge in [-0.25, -0.2) is 4.79 Å². The van der Waals surface area contributed by atoms with Crippen molar-refractivity contribution in [3.05, 3.63) is 35.4 Å². The number of hydrogen-bond donors (Lipinski definition) is 1. The van der Waals surface area contributed by atoms with E-state index in [1.807, 2.05) is 21.9 Å². The molecule has 1 aromatic rings. The van der Waals surface area contributed by atoms with Gasteiger partial charge in [-0.1, -0.05) is 24.3 Å². The lowest BCUT2D eigenvalue weighted by atomic mass is 9.98. The molecule has 1 saturated heterocycles. The monoisotopic (exact) mass is 315 g/mol. The second-order valence-corrected chi connectivity index (χ2v) is 6.66. The number of nitrogens with zero attached hydrogens (tertiary/aromatic N) is 2. The largest absolute Gasteiger partial charge is 0.343 e. The van der Waals surface area contributed by atoms with Gasteiger partial charge in [-0.2, -0.15) is 0 Å². The first-order chi connectivity index (χ1) is 11.1. The van der Waals surface area contributed by atoms with E-state index < -0.39 is 0 Å². The van der Waals surface area contributed by atoms with Crippen LogP contribution in [0.3, 0.4) is 0 Å². The maximum absolute atomic E-state index is 12.5. The zero-order valence-electron chi connectivity index (χ0n) is 13.9. The molecule has 124 valence electrons. The zero-order chi connectivity index (χ0) is 16.4. The molecule has 2 heterocycles. The van der Waals surface area contributed by atoms with Gasteiger partial charge < -0.3 is 15.1 Å². The molecular formula is C18H25N3O2. The number of fused-ring (bicyclic) bond motifs is 1. The van der Waals surface area contributed by atoms with Crippen molar-refractivity contribution in [2.45, 2.75) is 39.3 Å². The molecule has 0 saturated carbocycles. The van der Waals surface area contributed by atoms with Crippen LogP contribution >= 0.6 is 0 Å². The van der Waals surface area contributed by atoms with Crippen LogP contribution in [0, 0.1) is 5.92 Å². The lowest BCUT2D eigenvalue weighted by molar-refractivity contribution is -0.130. The topological polar surface area (TPSA) is 52.7 Å². The van der Waals surface area contributed by atoms with Crippen LogP contribution in [-0.2, 0) is 11.3 Å². The molecule has 0 spiro atoms. The van der Waals surface area contributed by atoms with E-state index in [9.17, 15) is 9.59 Å². The molecule has 2 unspecified atom stereocenters. The van der Waals surface area contributed by atoms with E-state index >= 15 is 0 Å². The molecule has 23 heavy (non-hydrogen) atoms. The quantitative estimate of drug-likeness (QED) is 0.912. The summed E-state index contributed by atoms with van der Waals surface area (Å²) in [6.07, 6.45) is 2.09. The molecule has 3 rings (SSSR count). The van der Waals surface area contributed by atoms with Crippen molar-refractivity contribution < 1.29 is 9.59 Å². The maximum Gasteiger partial charge on any atom is 0.318 e. The van der Waals surface area contributed by atoms with Gasteiger partial charge in [-0.05, 0) is 36.8 Å². The minimum absolute atomic E-state index is 0.00588. The van der Waals surface area contributed by atoms with Crippen molar-refractivity contribution >= 4 is 11.9 Å². The van der Waals surface area contributed by atoms with Gasteiger partial charge in [0.25, 0.3) is 0 Å². The highest BCUT2D eigenvalue weighted by Crippen LogP contribution is 2.32. The van der Waals surface area contributed by atoms with Crippen LogP contribution in [0.5, 0.6) is 0 Å². The van der Waals surface area contributed by atoms with Gasteiger partial charge >= 0.3 is 6.03 Å². The number of carbonyl (C=O) groups is 2. The fraction of sp³-hybridized carbons (Fsp3) is 0.556. The van der Waals surface area contributed by atoms with Crippen molar-refractivity contribution in [2.24, 2.45) is 5.92 Å². The highest BCUT2D eigenvalue weighted by atomic mass is 16.2. The predicted molar refractivity (Wildman–Crippen MR) is 88.8 cm³/mol. The molecule has 1 aromatic carbocycles. The van der Waals surface area contributed by atoms with Gasteiger partial charge in [0.2, 0.25) is 5.91 Å². The van der Waals surface area contributed by atoms with Gasteiger partial charge in [-0.15, -0.1) is 0 Å². The summed E-state index contributed by atoms with van der Waals surface area (Å²) in [6.45, 7) is 6.60. The predicted octanol–water partition coefficient (Wildman–Crippen LogP) is 2.53. The minimum atomic E-state index is -0.00588. The summed E-state index contributed by atoms with van der Waals surface area (Å²) in [5, 5.41) is 3.07. The number of urea groups is 1. The Balaban J connectivity index is 1.53. The summed E-state index contributed by atoms with van der Waals surface area (Å²) < 4.78 is 0. The number of nitrogens with one attached hydrogen (secondary N) is 1. The van der Waals surface area contributed by atoms with Crippen LogP contribution in [0.1, 0.15) is 43.9 Å². The molecular weight excluding hydrogens is 290 g/mol. The minimum Gasteiger partial charge on any atom is -0.343 e. The Kier molecular flexibility index (Phi) is 4.55. The summed E-state index contributed by atoms with van der Waals surface area (Å²) in [4.78, 5) is 27.8. The number of carbonyl (C=O) groups excluding carboxylic acids is 2. The van der Waals surface area contributed by atoms with Crippen molar-refractivity contribution in [2.75, 3.05) is 19.6 Å². The van der Waals surface area contributed by atoms with Gasteiger partial charge in [0.05, 0.1) is 6.04 Å². The Morgan fingerprint density at radius 1 is 1.30 bits per heavy atom. The second-order valence-electron chi connectivity index (χ2n) is 6.66. The third-order valence-electron chi connectivity index (χ3n) is 5.08. The molecule has 5 nitrogen and oxygen atoms in total. The number of piperidine rings is 1. The fourth-order valence-electron chi connectivity index (χ4n) is 3.67. The highest BCUT2D eigenvalue weighted by molar-refractivity contribution is 5.76. The third kappa shape index (κ3) is 3.33. The molecule has 0 aliphatic carbocycles. The Bertz CT molecular complexity index is 602.